The van der Waals surface area contributed by atoms with Gasteiger partial charge in [-0.15, -0.1) is 0 Å². The first kappa shape index (κ1) is 13.1. The van der Waals surface area contributed by atoms with Gasteiger partial charge in [0.25, 0.3) is 5.91 Å². The Hall–Kier alpha value is -1.36. The van der Waals surface area contributed by atoms with Gasteiger partial charge in [0.1, 0.15) is 11.3 Å². The summed E-state index contributed by atoms with van der Waals surface area (Å²) in [7, 11) is 0. The molecule has 96 valence electrons. The number of hydrogen-bond donors (Lipinski definition) is 1. The number of hydrogen-bond acceptors (Lipinski definition) is 2. The molecule has 4 nitrogen and oxygen atoms in total. The summed E-state index contributed by atoms with van der Waals surface area (Å²) in [6.45, 7) is 6.99. The molecule has 0 unspecified atom stereocenters. The molecule has 0 aliphatic carbocycles. The summed E-state index contributed by atoms with van der Waals surface area (Å²) < 4.78 is 3.04. The van der Waals surface area contributed by atoms with Crippen LogP contribution < -0.4 is 5.73 Å². The fourth-order valence-corrected chi connectivity index (χ4v) is 2.59. The molecule has 0 aliphatic heterocycles. The maximum absolute atomic E-state index is 11.3. The molecule has 2 rings (SSSR count). The highest BCUT2D eigenvalue weighted by Crippen LogP contribution is 2.27. The second-order valence-corrected chi connectivity index (χ2v) is 5.77. The van der Waals surface area contributed by atoms with Crippen molar-refractivity contribution in [1.82, 2.24) is 9.55 Å². The van der Waals surface area contributed by atoms with Crippen LogP contribution in [0.25, 0.3) is 11.0 Å². The van der Waals surface area contributed by atoms with Crippen molar-refractivity contribution in [2.75, 3.05) is 0 Å². The summed E-state index contributed by atoms with van der Waals surface area (Å²) in [6.07, 6.45) is 2.00. The normalized spacial score (nSPS) is 11.4. The topological polar surface area (TPSA) is 60.9 Å². The Labute approximate surface area is 114 Å². The van der Waals surface area contributed by atoms with Crippen molar-refractivity contribution < 1.29 is 4.79 Å². The van der Waals surface area contributed by atoms with E-state index in [1.54, 1.807) is 0 Å². The number of fused-ring (bicyclic) bond motifs is 1. The first-order valence-electron chi connectivity index (χ1n) is 5.86. The average Bonchev–Trinajstić information content (AvgIpc) is 2.53. The van der Waals surface area contributed by atoms with E-state index in [4.69, 9.17) is 5.73 Å². The molecule has 1 amide bonds. The monoisotopic (exact) mass is 309 g/mol. The number of amides is 1. The molecule has 0 fully saturated rings. The van der Waals surface area contributed by atoms with Crippen LogP contribution in [0.2, 0.25) is 0 Å². The van der Waals surface area contributed by atoms with E-state index in [1.807, 2.05) is 19.2 Å². The van der Waals surface area contributed by atoms with Gasteiger partial charge in [-0.2, -0.15) is 0 Å². The second-order valence-electron chi connectivity index (χ2n) is 4.91. The third kappa shape index (κ3) is 2.27. The summed E-state index contributed by atoms with van der Waals surface area (Å²) in [6, 6.07) is 1.95. The van der Waals surface area contributed by atoms with E-state index in [0.29, 0.717) is 11.6 Å². The van der Waals surface area contributed by atoms with Crippen molar-refractivity contribution in [2.45, 2.75) is 27.3 Å². The van der Waals surface area contributed by atoms with Crippen LogP contribution >= 0.6 is 15.9 Å². The summed E-state index contributed by atoms with van der Waals surface area (Å²) in [5.41, 5.74) is 7.29. The number of primary amides is 1. The van der Waals surface area contributed by atoms with Crippen molar-refractivity contribution in [1.29, 1.82) is 0 Å². The molecule has 0 saturated carbocycles. The van der Waals surface area contributed by atoms with Crippen LogP contribution in [0, 0.1) is 12.8 Å². The van der Waals surface area contributed by atoms with Crippen molar-refractivity contribution in [3.63, 3.8) is 0 Å². The maximum Gasteiger partial charge on any atom is 0.267 e. The highest BCUT2D eigenvalue weighted by atomic mass is 79.9. The zero-order valence-electron chi connectivity index (χ0n) is 10.7. The van der Waals surface area contributed by atoms with Crippen LogP contribution in [-0.4, -0.2) is 15.5 Å². The number of rotatable bonds is 3. The third-order valence-electron chi connectivity index (χ3n) is 2.79. The van der Waals surface area contributed by atoms with Crippen molar-refractivity contribution >= 4 is 32.9 Å². The van der Waals surface area contributed by atoms with Gasteiger partial charge in [-0.1, -0.05) is 13.8 Å². The Bertz CT molecular complexity index is 616. The smallest absolute Gasteiger partial charge is 0.267 e. The van der Waals surface area contributed by atoms with Crippen LogP contribution in [0.15, 0.2) is 16.7 Å². The Balaban J connectivity index is 2.68. The SMILES string of the molecule is Cc1cc2c(Br)cn(CC(C)C)c2nc1C(N)=O. The van der Waals surface area contributed by atoms with E-state index in [1.165, 1.54) is 0 Å². The average molecular weight is 310 g/mol. The number of pyridine rings is 1. The Morgan fingerprint density at radius 2 is 2.22 bits per heavy atom. The zero-order chi connectivity index (χ0) is 13.4. The molecule has 0 bridgehead atoms. The number of halogens is 1. The van der Waals surface area contributed by atoms with E-state index in [9.17, 15) is 4.79 Å². The van der Waals surface area contributed by atoms with Gasteiger partial charge in [-0.05, 0) is 40.4 Å². The quantitative estimate of drug-likeness (QED) is 0.947. The Morgan fingerprint density at radius 1 is 1.56 bits per heavy atom. The lowest BCUT2D eigenvalue weighted by molar-refractivity contribution is 0.0995. The van der Waals surface area contributed by atoms with Crippen molar-refractivity contribution in [3.8, 4) is 0 Å². The van der Waals surface area contributed by atoms with Crippen LogP contribution in [0.5, 0.6) is 0 Å². The maximum atomic E-state index is 11.3. The molecule has 0 atom stereocenters. The van der Waals surface area contributed by atoms with Gasteiger partial charge in [0, 0.05) is 22.6 Å². The zero-order valence-corrected chi connectivity index (χ0v) is 12.3. The molecule has 2 aromatic heterocycles. The number of nitrogens with two attached hydrogens (primary N) is 1. The molecule has 0 radical (unpaired) electrons. The lowest BCUT2D eigenvalue weighted by atomic mass is 10.2. The van der Waals surface area contributed by atoms with Gasteiger partial charge in [-0.25, -0.2) is 4.98 Å². The van der Waals surface area contributed by atoms with E-state index >= 15 is 0 Å². The van der Waals surface area contributed by atoms with E-state index in [0.717, 1.165) is 27.6 Å². The third-order valence-corrected chi connectivity index (χ3v) is 3.42. The fourth-order valence-electron chi connectivity index (χ4n) is 2.05. The van der Waals surface area contributed by atoms with E-state index < -0.39 is 5.91 Å². The van der Waals surface area contributed by atoms with Gasteiger partial charge in [0.05, 0.1) is 0 Å². The van der Waals surface area contributed by atoms with Crippen LogP contribution in [0.3, 0.4) is 0 Å². The highest BCUT2D eigenvalue weighted by Gasteiger charge is 2.14. The fraction of sp³-hybridized carbons (Fsp3) is 0.385. The molecule has 2 N–H and O–H groups in total. The first-order chi connectivity index (χ1) is 8.40. The van der Waals surface area contributed by atoms with Crippen LogP contribution in [0.4, 0.5) is 0 Å². The van der Waals surface area contributed by atoms with Gasteiger partial charge < -0.3 is 10.3 Å². The van der Waals surface area contributed by atoms with Crippen molar-refractivity contribution in [2.24, 2.45) is 11.7 Å². The summed E-state index contributed by atoms with van der Waals surface area (Å²) >= 11 is 3.53. The molecular weight excluding hydrogens is 294 g/mol. The van der Waals surface area contributed by atoms with E-state index in [-0.39, 0.29) is 0 Å². The minimum Gasteiger partial charge on any atom is -0.364 e. The predicted molar refractivity (Wildman–Crippen MR) is 75.5 cm³/mol. The molecule has 0 spiro atoms. The number of carbonyl (C=O) groups is 1. The van der Waals surface area contributed by atoms with E-state index in [2.05, 4.69) is 39.3 Å². The molecule has 0 aliphatic rings. The van der Waals surface area contributed by atoms with Gasteiger partial charge in [0.15, 0.2) is 0 Å². The van der Waals surface area contributed by atoms with Crippen LogP contribution in [-0.2, 0) is 6.54 Å². The van der Waals surface area contributed by atoms with Crippen molar-refractivity contribution in [3.05, 3.63) is 28.0 Å². The molecular formula is C13H16BrN3O. The largest absolute Gasteiger partial charge is 0.364 e. The lowest BCUT2D eigenvalue weighted by Gasteiger charge is -2.08. The summed E-state index contributed by atoms with van der Waals surface area (Å²) in [4.78, 5) is 15.8. The first-order valence-corrected chi connectivity index (χ1v) is 6.65. The number of carbonyl (C=O) groups excluding carboxylic acids is 1. The standard InChI is InChI=1S/C13H16BrN3O/c1-7(2)5-17-6-10(14)9-4-8(3)11(12(15)18)16-13(9)17/h4,6-7H,5H2,1-3H3,(H2,15,18). The predicted octanol–water partition coefficient (Wildman–Crippen LogP) is 2.86. The molecule has 0 saturated heterocycles. The highest BCUT2D eigenvalue weighted by molar-refractivity contribution is 9.10. The number of aromatic nitrogens is 2. The minimum atomic E-state index is -0.484. The molecule has 2 heterocycles. The molecule has 5 heteroatoms. The second kappa shape index (κ2) is 4.72. The van der Waals surface area contributed by atoms with Gasteiger partial charge >= 0.3 is 0 Å². The number of aryl methyl sites for hydroxylation is 1. The summed E-state index contributed by atoms with van der Waals surface area (Å²) in [5.74, 6) is 0.0236. The minimum absolute atomic E-state index is 0.345. The Kier molecular flexibility index (Phi) is 3.43. The van der Waals surface area contributed by atoms with Gasteiger partial charge in [-0.3, -0.25) is 4.79 Å². The molecule has 2 aromatic rings. The summed E-state index contributed by atoms with van der Waals surface area (Å²) in [5, 5.41) is 1.01. The molecule has 0 aromatic carbocycles. The van der Waals surface area contributed by atoms with Gasteiger partial charge in [0.2, 0.25) is 0 Å². The lowest BCUT2D eigenvalue weighted by Crippen LogP contribution is -2.15. The number of nitrogens with zero attached hydrogens (tertiary/aromatic N) is 2. The Morgan fingerprint density at radius 3 is 2.78 bits per heavy atom. The molecule has 18 heavy (non-hydrogen) atoms. The van der Waals surface area contributed by atoms with Crippen LogP contribution in [0.1, 0.15) is 29.9 Å².